The van der Waals surface area contributed by atoms with Crippen LogP contribution in [0.4, 0.5) is 0 Å². The van der Waals surface area contributed by atoms with Gasteiger partial charge in [-0.15, -0.1) is 11.3 Å². The Bertz CT molecular complexity index is 931. The van der Waals surface area contributed by atoms with Gasteiger partial charge in [0, 0.05) is 18.2 Å². The molecule has 0 radical (unpaired) electrons. The lowest BCUT2D eigenvalue weighted by Gasteiger charge is -2.22. The molecule has 1 unspecified atom stereocenters. The van der Waals surface area contributed by atoms with Crippen molar-refractivity contribution in [2.45, 2.75) is 32.2 Å². The minimum absolute atomic E-state index is 0.111. The summed E-state index contributed by atoms with van der Waals surface area (Å²) in [5, 5.41) is 9.91. The molecule has 3 aromatic rings. The van der Waals surface area contributed by atoms with Crippen LogP contribution in [-0.4, -0.2) is 29.0 Å². The Morgan fingerprint density at radius 3 is 2.85 bits per heavy atom. The number of carbonyl (C=O) groups is 1. The Morgan fingerprint density at radius 2 is 2.11 bits per heavy atom. The highest BCUT2D eigenvalue weighted by atomic mass is 32.1. The quantitative estimate of drug-likeness (QED) is 0.655. The molecule has 2 aromatic heterocycles. The number of aromatic carboxylic acids is 1. The summed E-state index contributed by atoms with van der Waals surface area (Å²) in [5.74, 6) is 0.245. The van der Waals surface area contributed by atoms with Crippen LogP contribution in [0.25, 0.3) is 10.1 Å². The van der Waals surface area contributed by atoms with E-state index in [0.717, 1.165) is 41.5 Å². The maximum Gasteiger partial charge on any atom is 0.345 e. The summed E-state index contributed by atoms with van der Waals surface area (Å²) in [4.78, 5) is 15.6. The average molecular weight is 385 g/mol. The van der Waals surface area contributed by atoms with Crippen molar-refractivity contribution in [2.24, 2.45) is 0 Å². The summed E-state index contributed by atoms with van der Waals surface area (Å²) in [6, 6.07) is 9.24. The smallest absolute Gasteiger partial charge is 0.345 e. The first-order valence-electron chi connectivity index (χ1n) is 8.80. The number of hydrogen-bond donors (Lipinski definition) is 1. The maximum atomic E-state index is 11.2. The molecule has 1 aromatic carbocycles. The first-order valence-corrected chi connectivity index (χ1v) is 9.61. The van der Waals surface area contributed by atoms with Gasteiger partial charge in [0.1, 0.15) is 10.6 Å². The van der Waals surface area contributed by atoms with E-state index in [1.54, 1.807) is 18.5 Å². The molecule has 1 aliphatic heterocycles. The number of aromatic nitrogens is 1. The van der Waals surface area contributed by atoms with Crippen LogP contribution in [0.5, 0.6) is 11.5 Å². The van der Waals surface area contributed by atoms with Crippen molar-refractivity contribution in [1.82, 2.24) is 4.98 Å². The normalized spacial score (nSPS) is 17.1. The monoisotopic (exact) mass is 385 g/mol. The van der Waals surface area contributed by atoms with Crippen LogP contribution >= 0.6 is 11.3 Å². The molecule has 1 aliphatic rings. The summed E-state index contributed by atoms with van der Waals surface area (Å²) >= 11 is 1.18. The second kappa shape index (κ2) is 8.04. The van der Waals surface area contributed by atoms with E-state index < -0.39 is 5.97 Å². The summed E-state index contributed by atoms with van der Waals surface area (Å²) in [6.07, 6.45) is 6.32. The molecule has 6 nitrogen and oxygen atoms in total. The largest absolute Gasteiger partial charge is 0.477 e. The van der Waals surface area contributed by atoms with Gasteiger partial charge >= 0.3 is 5.97 Å². The highest BCUT2D eigenvalue weighted by Crippen LogP contribution is 2.34. The summed E-state index contributed by atoms with van der Waals surface area (Å²) < 4.78 is 18.1. The molecule has 1 fully saturated rings. The minimum Gasteiger partial charge on any atom is -0.477 e. The fourth-order valence-corrected chi connectivity index (χ4v) is 3.82. The Hall–Kier alpha value is -2.48. The molecule has 0 bridgehead atoms. The van der Waals surface area contributed by atoms with Crippen molar-refractivity contribution in [1.29, 1.82) is 0 Å². The Balaban J connectivity index is 1.43. The predicted molar refractivity (Wildman–Crippen MR) is 101 cm³/mol. The van der Waals surface area contributed by atoms with Crippen molar-refractivity contribution in [2.75, 3.05) is 6.61 Å². The number of rotatable bonds is 6. The molecule has 3 heterocycles. The number of fused-ring (bicyclic) bond motifs is 1. The van der Waals surface area contributed by atoms with E-state index in [1.165, 1.54) is 11.3 Å². The number of thiophene rings is 1. The van der Waals surface area contributed by atoms with Crippen LogP contribution in [0.1, 0.15) is 34.5 Å². The van der Waals surface area contributed by atoms with E-state index in [9.17, 15) is 9.90 Å². The third-order valence-corrected chi connectivity index (χ3v) is 5.40. The molecule has 0 amide bonds. The van der Waals surface area contributed by atoms with Crippen LogP contribution in [0, 0.1) is 0 Å². The zero-order chi connectivity index (χ0) is 18.6. The van der Waals surface area contributed by atoms with Crippen LogP contribution in [-0.2, 0) is 16.1 Å². The lowest BCUT2D eigenvalue weighted by molar-refractivity contribution is -0.168. The molecule has 27 heavy (non-hydrogen) atoms. The molecular formula is C20H19NO5S. The standard InChI is InChI=1S/C20H19NO5S/c22-20(23)17-9-15-16(10-21-11-18(15)27-17)26-14-6-4-13(5-7-14)12-25-19-3-1-2-8-24-19/h4-7,9-11,19H,1-3,8,12H2,(H,22,23). The number of benzene rings is 1. The summed E-state index contributed by atoms with van der Waals surface area (Å²) in [6.45, 7) is 1.26. The highest BCUT2D eigenvalue weighted by molar-refractivity contribution is 7.20. The van der Waals surface area contributed by atoms with Gasteiger partial charge in [-0.2, -0.15) is 0 Å². The lowest BCUT2D eigenvalue weighted by Crippen LogP contribution is -2.21. The van der Waals surface area contributed by atoms with Crippen molar-refractivity contribution in [3.8, 4) is 11.5 Å². The van der Waals surface area contributed by atoms with Gasteiger partial charge < -0.3 is 19.3 Å². The van der Waals surface area contributed by atoms with Crippen molar-refractivity contribution in [3.05, 3.63) is 53.2 Å². The molecule has 0 aliphatic carbocycles. The third kappa shape index (κ3) is 4.27. The zero-order valence-corrected chi connectivity index (χ0v) is 15.4. The fourth-order valence-electron chi connectivity index (χ4n) is 2.93. The minimum atomic E-state index is -0.951. The van der Waals surface area contributed by atoms with E-state index in [0.29, 0.717) is 18.1 Å². The molecule has 1 N–H and O–H groups in total. The van der Waals surface area contributed by atoms with Gasteiger partial charge in [-0.05, 0) is 43.0 Å². The fraction of sp³-hybridized carbons (Fsp3) is 0.300. The lowest BCUT2D eigenvalue weighted by atomic mass is 10.2. The van der Waals surface area contributed by atoms with E-state index in [-0.39, 0.29) is 11.2 Å². The Morgan fingerprint density at radius 1 is 1.26 bits per heavy atom. The summed E-state index contributed by atoms with van der Waals surface area (Å²) in [5.41, 5.74) is 1.04. The first kappa shape index (κ1) is 17.9. The van der Waals surface area contributed by atoms with Gasteiger partial charge in [-0.1, -0.05) is 12.1 Å². The van der Waals surface area contributed by atoms with Crippen molar-refractivity contribution in [3.63, 3.8) is 0 Å². The molecule has 140 valence electrons. The van der Waals surface area contributed by atoms with E-state index in [2.05, 4.69) is 4.98 Å². The number of ether oxygens (including phenoxy) is 3. The van der Waals surface area contributed by atoms with Gasteiger partial charge in [-0.3, -0.25) is 4.98 Å². The molecule has 1 atom stereocenters. The third-order valence-electron chi connectivity index (χ3n) is 4.35. The topological polar surface area (TPSA) is 77.9 Å². The average Bonchev–Trinajstić information content (AvgIpc) is 3.14. The van der Waals surface area contributed by atoms with Gasteiger partial charge in [0.25, 0.3) is 0 Å². The Kier molecular flexibility index (Phi) is 5.33. The number of pyridine rings is 1. The molecule has 1 saturated heterocycles. The molecular weight excluding hydrogens is 366 g/mol. The summed E-state index contributed by atoms with van der Waals surface area (Å²) in [7, 11) is 0. The number of carboxylic acid groups (broad SMARTS) is 1. The first-order chi connectivity index (χ1) is 13.2. The predicted octanol–water partition coefficient (Wildman–Crippen LogP) is 4.83. The van der Waals surface area contributed by atoms with E-state index >= 15 is 0 Å². The van der Waals surface area contributed by atoms with Crippen LogP contribution in [0.2, 0.25) is 0 Å². The van der Waals surface area contributed by atoms with Crippen LogP contribution < -0.4 is 4.74 Å². The highest BCUT2D eigenvalue weighted by Gasteiger charge is 2.15. The van der Waals surface area contributed by atoms with Crippen molar-refractivity contribution < 1.29 is 24.1 Å². The van der Waals surface area contributed by atoms with Crippen LogP contribution in [0.3, 0.4) is 0 Å². The van der Waals surface area contributed by atoms with E-state index in [1.807, 2.05) is 24.3 Å². The number of hydrogen-bond acceptors (Lipinski definition) is 6. The molecule has 0 saturated carbocycles. The zero-order valence-electron chi connectivity index (χ0n) is 14.6. The van der Waals surface area contributed by atoms with Crippen LogP contribution in [0.15, 0.2) is 42.7 Å². The van der Waals surface area contributed by atoms with Gasteiger partial charge in [0.15, 0.2) is 12.0 Å². The Labute approximate surface area is 160 Å². The maximum absolute atomic E-state index is 11.2. The SMILES string of the molecule is O=C(O)c1cc2c(Oc3ccc(COC4CCCCO4)cc3)cncc2s1. The number of carboxylic acids is 1. The number of nitrogens with zero attached hydrogens (tertiary/aromatic N) is 1. The second-order valence-electron chi connectivity index (χ2n) is 6.32. The van der Waals surface area contributed by atoms with Gasteiger partial charge in [0.2, 0.25) is 0 Å². The van der Waals surface area contributed by atoms with Gasteiger partial charge in [-0.25, -0.2) is 4.79 Å². The molecule has 7 heteroatoms. The van der Waals surface area contributed by atoms with Crippen molar-refractivity contribution >= 4 is 27.4 Å². The molecule has 4 rings (SSSR count). The second-order valence-corrected chi connectivity index (χ2v) is 7.40. The van der Waals surface area contributed by atoms with Gasteiger partial charge in [0.05, 0.1) is 17.5 Å². The van der Waals surface area contributed by atoms with E-state index in [4.69, 9.17) is 14.2 Å². The molecule has 0 spiro atoms.